The molecule has 0 fully saturated rings. The number of nitrogens with one attached hydrogen (secondary N) is 1. The van der Waals surface area contributed by atoms with Crippen molar-refractivity contribution >= 4 is 11.9 Å². The first-order valence-corrected chi connectivity index (χ1v) is 6.93. The van der Waals surface area contributed by atoms with Crippen LogP contribution in [0.25, 0.3) is 0 Å². The van der Waals surface area contributed by atoms with Crippen molar-refractivity contribution in [2.75, 3.05) is 5.32 Å². The average Bonchev–Trinajstić information content (AvgIpc) is 2.94. The molecule has 1 aliphatic rings. The molecule has 2 heterocycles. The minimum absolute atomic E-state index is 0.0907. The van der Waals surface area contributed by atoms with Crippen LogP contribution < -0.4 is 10.1 Å². The van der Waals surface area contributed by atoms with Gasteiger partial charge in [0.15, 0.2) is 0 Å². The lowest BCUT2D eigenvalue weighted by atomic mass is 10.0. The molecule has 22 heavy (non-hydrogen) atoms. The second-order valence-corrected chi connectivity index (χ2v) is 5.22. The van der Waals surface area contributed by atoms with E-state index in [0.29, 0.717) is 5.95 Å². The molecule has 0 saturated heterocycles. The summed E-state index contributed by atoms with van der Waals surface area (Å²) in [5.74, 6) is 0.153. The van der Waals surface area contributed by atoms with Crippen molar-refractivity contribution in [3.8, 4) is 5.75 Å². The van der Waals surface area contributed by atoms with Crippen LogP contribution in [0.1, 0.15) is 25.5 Å². The summed E-state index contributed by atoms with van der Waals surface area (Å²) in [6.45, 7) is 3.93. The third-order valence-corrected chi connectivity index (χ3v) is 3.23. The maximum Gasteiger partial charge on any atom is 0.352 e. The third kappa shape index (κ3) is 2.65. The summed E-state index contributed by atoms with van der Waals surface area (Å²) < 4.78 is 7.26. The van der Waals surface area contributed by atoms with Gasteiger partial charge in [-0.3, -0.25) is 0 Å². The van der Waals surface area contributed by atoms with Crippen molar-refractivity contribution in [1.82, 2.24) is 14.8 Å². The number of carboxylic acids is 1. The maximum absolute atomic E-state index is 11.2. The van der Waals surface area contributed by atoms with E-state index in [4.69, 9.17) is 4.74 Å². The lowest BCUT2D eigenvalue weighted by Crippen LogP contribution is -2.24. The van der Waals surface area contributed by atoms with Crippen LogP contribution >= 0.6 is 0 Å². The number of fused-ring (bicyclic) bond motifs is 1. The Kier molecular flexibility index (Phi) is 3.54. The number of rotatable bonds is 4. The van der Waals surface area contributed by atoms with Gasteiger partial charge < -0.3 is 15.2 Å². The monoisotopic (exact) mass is 300 g/mol. The number of allylic oxidation sites excluding steroid dienone is 1. The number of carbonyl (C=O) groups is 1. The molecule has 1 atom stereocenters. The number of aromatic nitrogens is 3. The van der Waals surface area contributed by atoms with Crippen LogP contribution in [0.3, 0.4) is 0 Å². The van der Waals surface area contributed by atoms with Crippen LogP contribution in [0.2, 0.25) is 0 Å². The Balaban J connectivity index is 1.95. The molecular formula is C15H16N4O3. The summed E-state index contributed by atoms with van der Waals surface area (Å²) in [4.78, 5) is 15.3. The van der Waals surface area contributed by atoms with Gasteiger partial charge in [0.2, 0.25) is 5.95 Å². The van der Waals surface area contributed by atoms with Gasteiger partial charge in [-0.15, -0.1) is 0 Å². The van der Waals surface area contributed by atoms with Crippen LogP contribution in [-0.4, -0.2) is 31.9 Å². The van der Waals surface area contributed by atoms with E-state index in [2.05, 4.69) is 15.4 Å². The van der Waals surface area contributed by atoms with E-state index in [1.165, 1.54) is 6.33 Å². The Morgan fingerprint density at radius 2 is 2.09 bits per heavy atom. The van der Waals surface area contributed by atoms with Crippen LogP contribution in [0.15, 0.2) is 42.4 Å². The predicted molar refractivity (Wildman–Crippen MR) is 79.7 cm³/mol. The van der Waals surface area contributed by atoms with Gasteiger partial charge in [-0.1, -0.05) is 12.1 Å². The summed E-state index contributed by atoms with van der Waals surface area (Å²) in [5.41, 5.74) is 0.996. The summed E-state index contributed by atoms with van der Waals surface area (Å²) in [5, 5.41) is 16.1. The van der Waals surface area contributed by atoms with Crippen molar-refractivity contribution in [1.29, 1.82) is 0 Å². The first-order valence-electron chi connectivity index (χ1n) is 6.93. The highest BCUT2D eigenvalue weighted by molar-refractivity contribution is 5.90. The molecule has 7 heteroatoms. The smallest absolute Gasteiger partial charge is 0.352 e. The van der Waals surface area contributed by atoms with Gasteiger partial charge in [0.05, 0.1) is 6.10 Å². The number of carboxylic acid groups (broad SMARTS) is 1. The minimum atomic E-state index is -1.03. The number of hydrogen-bond donors (Lipinski definition) is 2. The largest absolute Gasteiger partial charge is 0.491 e. The Labute approximate surface area is 127 Å². The molecule has 2 N–H and O–H groups in total. The van der Waals surface area contributed by atoms with Crippen LogP contribution in [0, 0.1) is 0 Å². The Morgan fingerprint density at radius 3 is 2.73 bits per heavy atom. The molecule has 1 aromatic heterocycles. The molecule has 114 valence electrons. The molecule has 2 aromatic rings. The second kappa shape index (κ2) is 5.51. The fourth-order valence-corrected chi connectivity index (χ4v) is 2.31. The topological polar surface area (TPSA) is 89.3 Å². The fourth-order valence-electron chi connectivity index (χ4n) is 2.31. The predicted octanol–water partition coefficient (Wildman–Crippen LogP) is 2.05. The standard InChI is InChI=1S/C15H16N4O3/c1-9(2)22-11-5-3-10(4-6-11)13-7-12(14(20)21)18-15-16-8-17-19(13)15/h3-9,13H,1-2H3,(H,20,21)(H,16,17,18). The van der Waals surface area contributed by atoms with Crippen molar-refractivity contribution in [2.24, 2.45) is 0 Å². The lowest BCUT2D eigenvalue weighted by Gasteiger charge is -2.22. The van der Waals surface area contributed by atoms with E-state index in [1.54, 1.807) is 10.8 Å². The Bertz CT molecular complexity index is 719. The van der Waals surface area contributed by atoms with E-state index >= 15 is 0 Å². The van der Waals surface area contributed by atoms with E-state index in [9.17, 15) is 9.90 Å². The Morgan fingerprint density at radius 1 is 1.36 bits per heavy atom. The molecule has 1 unspecified atom stereocenters. The van der Waals surface area contributed by atoms with Gasteiger partial charge in [-0.25, -0.2) is 9.48 Å². The maximum atomic E-state index is 11.2. The van der Waals surface area contributed by atoms with Crippen molar-refractivity contribution in [2.45, 2.75) is 26.0 Å². The SMILES string of the molecule is CC(C)Oc1ccc(C2C=C(C(=O)O)Nc3ncnn32)cc1. The molecule has 0 amide bonds. The van der Waals surface area contributed by atoms with E-state index in [0.717, 1.165) is 11.3 Å². The van der Waals surface area contributed by atoms with Crippen LogP contribution in [-0.2, 0) is 4.79 Å². The van der Waals surface area contributed by atoms with Gasteiger partial charge >= 0.3 is 5.97 Å². The number of ether oxygens (including phenoxy) is 1. The normalized spacial score (nSPS) is 16.7. The summed E-state index contributed by atoms with van der Waals surface area (Å²) in [6.07, 6.45) is 3.11. The Hall–Kier alpha value is -2.83. The number of hydrogen-bond acceptors (Lipinski definition) is 5. The van der Waals surface area contributed by atoms with E-state index in [1.807, 2.05) is 38.1 Å². The van der Waals surface area contributed by atoms with Crippen LogP contribution in [0.5, 0.6) is 5.75 Å². The number of benzene rings is 1. The highest BCUT2D eigenvalue weighted by atomic mass is 16.5. The van der Waals surface area contributed by atoms with Crippen molar-refractivity contribution < 1.29 is 14.6 Å². The molecule has 1 aromatic carbocycles. The fraction of sp³-hybridized carbons (Fsp3) is 0.267. The first-order chi connectivity index (χ1) is 10.5. The van der Waals surface area contributed by atoms with Crippen molar-refractivity contribution in [3.63, 3.8) is 0 Å². The number of nitrogens with zero attached hydrogens (tertiary/aromatic N) is 3. The molecule has 7 nitrogen and oxygen atoms in total. The third-order valence-electron chi connectivity index (χ3n) is 3.23. The van der Waals surface area contributed by atoms with Gasteiger partial charge in [0, 0.05) is 0 Å². The first kappa shape index (κ1) is 14.1. The zero-order valence-electron chi connectivity index (χ0n) is 12.2. The quantitative estimate of drug-likeness (QED) is 0.898. The van der Waals surface area contributed by atoms with Gasteiger partial charge in [0.25, 0.3) is 0 Å². The highest BCUT2D eigenvalue weighted by Gasteiger charge is 2.25. The molecular weight excluding hydrogens is 284 g/mol. The van der Waals surface area contributed by atoms with Crippen LogP contribution in [0.4, 0.5) is 5.95 Å². The second-order valence-electron chi connectivity index (χ2n) is 5.22. The van der Waals surface area contributed by atoms with Crippen molar-refractivity contribution in [3.05, 3.63) is 47.9 Å². The van der Waals surface area contributed by atoms with Gasteiger partial charge in [-0.2, -0.15) is 10.1 Å². The number of anilines is 1. The molecule has 0 spiro atoms. The lowest BCUT2D eigenvalue weighted by molar-refractivity contribution is -0.132. The molecule has 0 aliphatic carbocycles. The number of aliphatic carboxylic acids is 1. The van der Waals surface area contributed by atoms with Gasteiger partial charge in [0.1, 0.15) is 23.8 Å². The average molecular weight is 300 g/mol. The zero-order chi connectivity index (χ0) is 15.7. The molecule has 0 saturated carbocycles. The highest BCUT2D eigenvalue weighted by Crippen LogP contribution is 2.29. The molecule has 0 bridgehead atoms. The summed E-state index contributed by atoms with van der Waals surface area (Å²) in [7, 11) is 0. The summed E-state index contributed by atoms with van der Waals surface area (Å²) >= 11 is 0. The van der Waals surface area contributed by atoms with E-state index in [-0.39, 0.29) is 17.8 Å². The summed E-state index contributed by atoms with van der Waals surface area (Å²) in [6, 6.07) is 7.20. The minimum Gasteiger partial charge on any atom is -0.491 e. The molecule has 0 radical (unpaired) electrons. The molecule has 3 rings (SSSR count). The van der Waals surface area contributed by atoms with Gasteiger partial charge in [-0.05, 0) is 37.6 Å². The van der Waals surface area contributed by atoms with E-state index < -0.39 is 5.97 Å². The molecule has 1 aliphatic heterocycles. The zero-order valence-corrected chi connectivity index (χ0v) is 12.2.